The quantitative estimate of drug-likeness (QED) is 0.370. The summed E-state index contributed by atoms with van der Waals surface area (Å²) in [6.45, 7) is 12.9. The molecule has 0 amide bonds. The van der Waals surface area contributed by atoms with Crippen molar-refractivity contribution in [3.63, 3.8) is 0 Å². The number of ether oxygens (including phenoxy) is 4. The zero-order valence-corrected chi connectivity index (χ0v) is 23.9. The second-order valence-electron chi connectivity index (χ2n) is 9.88. The van der Waals surface area contributed by atoms with Crippen molar-refractivity contribution in [3.8, 4) is 17.5 Å². The van der Waals surface area contributed by atoms with E-state index in [0.717, 1.165) is 38.0 Å². The van der Waals surface area contributed by atoms with E-state index in [0.29, 0.717) is 35.7 Å². The van der Waals surface area contributed by atoms with E-state index in [2.05, 4.69) is 30.5 Å². The number of hydrogen-bond acceptors (Lipinski definition) is 11. The van der Waals surface area contributed by atoms with E-state index in [1.54, 1.807) is 0 Å². The molecular weight excluding hydrogens is 512 g/mol. The van der Waals surface area contributed by atoms with E-state index in [-0.39, 0.29) is 24.5 Å². The van der Waals surface area contributed by atoms with E-state index in [1.165, 1.54) is 7.11 Å². The fraction of sp³-hybridized carbons (Fsp3) is 0.615. The zero-order chi connectivity index (χ0) is 27.7. The number of anilines is 2. The molecule has 0 radical (unpaired) electrons. The maximum Gasteiger partial charge on any atom is 0.325 e. The third-order valence-corrected chi connectivity index (χ3v) is 5.97. The summed E-state index contributed by atoms with van der Waals surface area (Å²) in [5, 5.41) is 6.78. The highest BCUT2D eigenvalue weighted by atomic mass is 35.5. The maximum atomic E-state index is 12.0. The molecule has 1 aliphatic rings. The van der Waals surface area contributed by atoms with Crippen molar-refractivity contribution in [1.29, 1.82) is 0 Å². The molecule has 12 heteroatoms. The van der Waals surface area contributed by atoms with Gasteiger partial charge in [-0.1, -0.05) is 11.6 Å². The molecule has 210 valence electrons. The summed E-state index contributed by atoms with van der Waals surface area (Å²) in [6, 6.07) is 4.31. The lowest BCUT2D eigenvalue weighted by Gasteiger charge is -2.32. The predicted octanol–water partition coefficient (Wildman–Crippen LogP) is 4.16. The normalized spacial score (nSPS) is 14.6. The molecule has 38 heavy (non-hydrogen) atoms. The highest BCUT2D eigenvalue weighted by molar-refractivity contribution is 6.33. The summed E-state index contributed by atoms with van der Waals surface area (Å²) in [5.41, 5.74) is 0.526. The van der Waals surface area contributed by atoms with Crippen molar-refractivity contribution in [2.45, 2.75) is 65.6 Å². The summed E-state index contributed by atoms with van der Waals surface area (Å²) < 4.78 is 22.0. The molecule has 0 unspecified atom stereocenters. The van der Waals surface area contributed by atoms with Crippen LogP contribution in [0.5, 0.6) is 17.5 Å². The molecule has 2 heterocycles. The van der Waals surface area contributed by atoms with Crippen molar-refractivity contribution >= 4 is 29.5 Å². The third-order valence-electron chi connectivity index (χ3n) is 5.60. The monoisotopic (exact) mass is 550 g/mol. The number of likely N-dealkylation sites (tertiary alicyclic amines) is 1. The van der Waals surface area contributed by atoms with E-state index in [4.69, 9.17) is 30.5 Å². The van der Waals surface area contributed by atoms with Crippen LogP contribution in [0, 0.1) is 0 Å². The lowest BCUT2D eigenvalue weighted by Crippen LogP contribution is -2.39. The summed E-state index contributed by atoms with van der Waals surface area (Å²) in [7, 11) is 1.49. The van der Waals surface area contributed by atoms with Crippen LogP contribution in [-0.4, -0.2) is 77.4 Å². The Morgan fingerprint density at radius 3 is 2.21 bits per heavy atom. The Morgan fingerprint density at radius 2 is 1.66 bits per heavy atom. The minimum atomic E-state index is -0.568. The summed E-state index contributed by atoms with van der Waals surface area (Å²) in [6.07, 6.45) is 1.80. The molecule has 1 saturated heterocycles. The number of hydrogen-bond donors (Lipinski definition) is 2. The standard InChI is InChI=1S/C26H39ClN6O5/c1-7-36-19-13-17(14-20(22(19)27)37-8-2)16-33-11-9-18(10-12-33)29-24-30-23(31-25(32-24)35-6)28-15-21(34)38-26(3,4)5/h13-14,18H,7-12,15-16H2,1-6H3,(H2,28,29,30,31,32). The fourth-order valence-electron chi connectivity index (χ4n) is 4.04. The fourth-order valence-corrected chi connectivity index (χ4v) is 4.25. The van der Waals surface area contributed by atoms with Crippen molar-refractivity contribution in [2.24, 2.45) is 0 Å². The molecule has 0 atom stereocenters. The Labute approximate surface area is 229 Å². The number of nitrogens with one attached hydrogen (secondary N) is 2. The van der Waals surface area contributed by atoms with Crippen LogP contribution in [0.2, 0.25) is 5.02 Å². The lowest BCUT2D eigenvalue weighted by atomic mass is 10.0. The first kappa shape index (κ1) is 29.5. The van der Waals surface area contributed by atoms with Crippen LogP contribution in [-0.2, 0) is 16.1 Å². The van der Waals surface area contributed by atoms with Gasteiger partial charge in [0, 0.05) is 25.7 Å². The molecule has 1 aliphatic heterocycles. The number of methoxy groups -OCH3 is 1. The Bertz CT molecular complexity index is 1050. The van der Waals surface area contributed by atoms with E-state index >= 15 is 0 Å². The number of aromatic nitrogens is 3. The number of nitrogens with zero attached hydrogens (tertiary/aromatic N) is 4. The van der Waals surface area contributed by atoms with Gasteiger partial charge in [0.25, 0.3) is 0 Å². The zero-order valence-electron chi connectivity index (χ0n) is 23.1. The summed E-state index contributed by atoms with van der Waals surface area (Å²) in [5.74, 6) is 1.52. The van der Waals surface area contributed by atoms with Crippen LogP contribution in [0.4, 0.5) is 11.9 Å². The average molecular weight is 551 g/mol. The lowest BCUT2D eigenvalue weighted by molar-refractivity contribution is -0.152. The van der Waals surface area contributed by atoms with Gasteiger partial charge >= 0.3 is 12.0 Å². The Morgan fingerprint density at radius 1 is 1.05 bits per heavy atom. The smallest absolute Gasteiger partial charge is 0.325 e. The number of carbonyl (C=O) groups excluding carboxylic acids is 1. The molecular formula is C26H39ClN6O5. The van der Waals surface area contributed by atoms with Crippen LogP contribution in [0.15, 0.2) is 12.1 Å². The largest absolute Gasteiger partial charge is 0.492 e. The number of rotatable bonds is 12. The number of carbonyl (C=O) groups is 1. The van der Waals surface area contributed by atoms with Crippen molar-refractivity contribution < 1.29 is 23.7 Å². The number of benzene rings is 1. The topological polar surface area (TPSA) is 120 Å². The van der Waals surface area contributed by atoms with Crippen LogP contribution in [0.1, 0.15) is 53.0 Å². The number of halogens is 1. The first-order valence-corrected chi connectivity index (χ1v) is 13.3. The summed E-state index contributed by atoms with van der Waals surface area (Å²) >= 11 is 6.45. The predicted molar refractivity (Wildman–Crippen MR) is 146 cm³/mol. The molecule has 0 aliphatic carbocycles. The van der Waals surface area contributed by atoms with Gasteiger partial charge in [0.05, 0.1) is 20.3 Å². The average Bonchev–Trinajstić information content (AvgIpc) is 2.86. The Kier molecular flexibility index (Phi) is 10.6. The number of esters is 1. The van der Waals surface area contributed by atoms with Gasteiger partial charge in [0.1, 0.15) is 28.7 Å². The molecule has 0 bridgehead atoms. The van der Waals surface area contributed by atoms with Gasteiger partial charge in [-0.2, -0.15) is 15.0 Å². The van der Waals surface area contributed by atoms with Crippen LogP contribution >= 0.6 is 11.6 Å². The molecule has 1 aromatic carbocycles. The van der Waals surface area contributed by atoms with Gasteiger partial charge in [0.2, 0.25) is 11.9 Å². The molecule has 2 N–H and O–H groups in total. The van der Waals surface area contributed by atoms with Crippen molar-refractivity contribution in [3.05, 3.63) is 22.7 Å². The van der Waals surface area contributed by atoms with Crippen LogP contribution < -0.4 is 24.8 Å². The summed E-state index contributed by atoms with van der Waals surface area (Å²) in [4.78, 5) is 27.3. The van der Waals surface area contributed by atoms with Gasteiger partial charge in [0.15, 0.2) is 0 Å². The van der Waals surface area contributed by atoms with E-state index < -0.39 is 11.6 Å². The van der Waals surface area contributed by atoms with Gasteiger partial charge in [-0.3, -0.25) is 9.69 Å². The second kappa shape index (κ2) is 13.7. The SMILES string of the molecule is CCOc1cc(CN2CCC(Nc3nc(NCC(=O)OC(C)(C)C)nc(OC)n3)CC2)cc(OCC)c1Cl. The highest BCUT2D eigenvalue weighted by Gasteiger charge is 2.22. The number of piperidine rings is 1. The molecule has 0 saturated carbocycles. The molecule has 2 aromatic rings. The minimum absolute atomic E-state index is 0.0665. The van der Waals surface area contributed by atoms with Gasteiger partial charge in [-0.25, -0.2) is 0 Å². The van der Waals surface area contributed by atoms with Gasteiger partial charge in [-0.15, -0.1) is 0 Å². The molecule has 11 nitrogen and oxygen atoms in total. The van der Waals surface area contributed by atoms with Crippen LogP contribution in [0.3, 0.4) is 0 Å². The maximum absolute atomic E-state index is 12.0. The van der Waals surface area contributed by atoms with Crippen LogP contribution in [0.25, 0.3) is 0 Å². The van der Waals surface area contributed by atoms with E-state index in [1.807, 2.05) is 46.8 Å². The Balaban J connectivity index is 1.57. The minimum Gasteiger partial charge on any atom is -0.492 e. The van der Waals surface area contributed by atoms with Crippen molar-refractivity contribution in [1.82, 2.24) is 19.9 Å². The first-order chi connectivity index (χ1) is 18.1. The van der Waals surface area contributed by atoms with Gasteiger partial charge in [-0.05, 0) is 65.2 Å². The third kappa shape index (κ3) is 9.05. The molecule has 3 rings (SSSR count). The first-order valence-electron chi connectivity index (χ1n) is 12.9. The van der Waals surface area contributed by atoms with E-state index in [9.17, 15) is 4.79 Å². The Hall–Kier alpha value is -3.05. The highest BCUT2D eigenvalue weighted by Crippen LogP contribution is 2.36. The second-order valence-corrected chi connectivity index (χ2v) is 10.3. The molecule has 1 fully saturated rings. The van der Waals surface area contributed by atoms with Gasteiger partial charge < -0.3 is 29.6 Å². The molecule has 1 aromatic heterocycles. The van der Waals surface area contributed by atoms with Crippen molar-refractivity contribution in [2.75, 3.05) is 50.6 Å². The molecule has 0 spiro atoms.